The van der Waals surface area contributed by atoms with E-state index in [9.17, 15) is 4.79 Å². The molecule has 7 nitrogen and oxygen atoms in total. The highest BCUT2D eigenvalue weighted by Crippen LogP contribution is 2.14. The normalized spacial score (nSPS) is 15.9. The molecule has 2 N–H and O–H groups in total. The molecule has 0 spiro atoms. The van der Waals surface area contributed by atoms with Gasteiger partial charge >= 0.3 is 0 Å². The quantitative estimate of drug-likeness (QED) is 0.518. The lowest BCUT2D eigenvalue weighted by Gasteiger charge is -2.41. The van der Waals surface area contributed by atoms with Gasteiger partial charge in [0, 0.05) is 58.8 Å². The van der Waals surface area contributed by atoms with Crippen LogP contribution in [0.3, 0.4) is 0 Å². The first-order valence-corrected chi connectivity index (χ1v) is 9.97. The maximum Gasteiger partial charge on any atom is 0.224 e. The molecule has 156 valence electrons. The smallest absolute Gasteiger partial charge is 0.224 e. The van der Waals surface area contributed by atoms with Gasteiger partial charge in [0.25, 0.3) is 0 Å². The number of carbonyl (C=O) groups is 1. The third-order valence-corrected chi connectivity index (χ3v) is 5.10. The van der Waals surface area contributed by atoms with Gasteiger partial charge in [-0.25, -0.2) is 0 Å². The van der Waals surface area contributed by atoms with Gasteiger partial charge in [0.05, 0.1) is 13.2 Å². The van der Waals surface area contributed by atoms with E-state index < -0.39 is 0 Å². The second-order valence-electron chi connectivity index (χ2n) is 7.75. The van der Waals surface area contributed by atoms with Gasteiger partial charge in [0.1, 0.15) is 0 Å². The van der Waals surface area contributed by atoms with Gasteiger partial charge in [-0.2, -0.15) is 0 Å². The molecular weight excluding hydrogens is 354 g/mol. The zero-order valence-corrected chi connectivity index (χ0v) is 17.7. The summed E-state index contributed by atoms with van der Waals surface area (Å²) in [5.41, 5.74) is 1.14. The van der Waals surface area contributed by atoms with Crippen LogP contribution in [0.15, 0.2) is 35.3 Å². The van der Waals surface area contributed by atoms with Gasteiger partial charge in [-0.1, -0.05) is 30.3 Å². The van der Waals surface area contributed by atoms with Gasteiger partial charge < -0.3 is 20.3 Å². The standard InChI is InChI=1S/C21H35N5O2/c1-21(2,26-12-14-28-15-13-26)17-24-20(22-3)23-11-10-19(27)25(4)16-18-8-6-5-7-9-18/h5-9H,10-17H2,1-4H3,(H2,22,23,24). The van der Waals surface area contributed by atoms with Crippen LogP contribution in [0.4, 0.5) is 0 Å². The number of guanidine groups is 1. The van der Waals surface area contributed by atoms with Crippen molar-refractivity contribution in [3.63, 3.8) is 0 Å². The Kier molecular flexibility index (Phi) is 8.73. The number of ether oxygens (including phenoxy) is 1. The van der Waals surface area contributed by atoms with Crippen LogP contribution in [-0.2, 0) is 16.1 Å². The monoisotopic (exact) mass is 389 g/mol. The number of benzene rings is 1. The van der Waals surface area contributed by atoms with Crippen molar-refractivity contribution in [3.05, 3.63) is 35.9 Å². The molecule has 0 bridgehead atoms. The van der Waals surface area contributed by atoms with Gasteiger partial charge in [0.15, 0.2) is 5.96 Å². The van der Waals surface area contributed by atoms with E-state index in [0.29, 0.717) is 19.5 Å². The predicted octanol–water partition coefficient (Wildman–Crippen LogP) is 1.31. The predicted molar refractivity (Wildman–Crippen MR) is 113 cm³/mol. The van der Waals surface area contributed by atoms with Crippen molar-refractivity contribution in [1.29, 1.82) is 0 Å². The summed E-state index contributed by atoms with van der Waals surface area (Å²) in [6.45, 7) is 9.86. The molecule has 2 rings (SSSR count). The second-order valence-corrected chi connectivity index (χ2v) is 7.75. The highest BCUT2D eigenvalue weighted by molar-refractivity contribution is 5.81. The van der Waals surface area contributed by atoms with Crippen molar-refractivity contribution in [3.8, 4) is 0 Å². The van der Waals surface area contributed by atoms with Crippen LogP contribution in [0.1, 0.15) is 25.8 Å². The van der Waals surface area contributed by atoms with E-state index >= 15 is 0 Å². The van der Waals surface area contributed by atoms with Crippen molar-refractivity contribution in [2.75, 3.05) is 53.5 Å². The van der Waals surface area contributed by atoms with E-state index in [1.165, 1.54) is 0 Å². The summed E-state index contributed by atoms with van der Waals surface area (Å²) in [4.78, 5) is 20.8. The van der Waals surface area contributed by atoms with Crippen molar-refractivity contribution < 1.29 is 9.53 Å². The lowest BCUT2D eigenvalue weighted by molar-refractivity contribution is -0.130. The maximum absolute atomic E-state index is 12.3. The number of nitrogens with zero attached hydrogens (tertiary/aromatic N) is 3. The van der Waals surface area contributed by atoms with Crippen molar-refractivity contribution >= 4 is 11.9 Å². The van der Waals surface area contributed by atoms with Gasteiger partial charge in [-0.3, -0.25) is 14.7 Å². The van der Waals surface area contributed by atoms with E-state index in [-0.39, 0.29) is 11.4 Å². The average molecular weight is 390 g/mol. The fourth-order valence-electron chi connectivity index (χ4n) is 3.23. The van der Waals surface area contributed by atoms with Crippen molar-refractivity contribution in [1.82, 2.24) is 20.4 Å². The Labute approximate surface area is 169 Å². The number of carbonyl (C=O) groups excluding carboxylic acids is 1. The minimum Gasteiger partial charge on any atom is -0.379 e. The van der Waals surface area contributed by atoms with Crippen LogP contribution < -0.4 is 10.6 Å². The molecule has 7 heteroatoms. The van der Waals surface area contributed by atoms with Gasteiger partial charge in [0.2, 0.25) is 5.91 Å². The Morgan fingerprint density at radius 3 is 2.54 bits per heavy atom. The summed E-state index contributed by atoms with van der Waals surface area (Å²) >= 11 is 0. The number of nitrogens with one attached hydrogen (secondary N) is 2. The molecule has 28 heavy (non-hydrogen) atoms. The molecule has 1 amide bonds. The minimum absolute atomic E-state index is 0.00706. The number of rotatable bonds is 8. The Bertz CT molecular complexity index is 627. The molecule has 0 aliphatic carbocycles. The summed E-state index contributed by atoms with van der Waals surface area (Å²) in [5.74, 6) is 0.834. The van der Waals surface area contributed by atoms with Crippen LogP contribution in [0, 0.1) is 0 Å². The summed E-state index contributed by atoms with van der Waals surface area (Å²) in [7, 11) is 3.59. The number of hydrogen-bond acceptors (Lipinski definition) is 4. The largest absolute Gasteiger partial charge is 0.379 e. The van der Waals surface area contributed by atoms with Crippen LogP contribution in [0.25, 0.3) is 0 Å². The molecule has 1 aromatic carbocycles. The van der Waals surface area contributed by atoms with Crippen molar-refractivity contribution in [2.24, 2.45) is 4.99 Å². The summed E-state index contributed by atoms with van der Waals surface area (Å²) in [6, 6.07) is 10.0. The molecule has 0 radical (unpaired) electrons. The van der Waals surface area contributed by atoms with E-state index in [0.717, 1.165) is 44.4 Å². The van der Waals surface area contributed by atoms with E-state index in [1.54, 1.807) is 11.9 Å². The Morgan fingerprint density at radius 2 is 1.89 bits per heavy atom. The molecular formula is C21H35N5O2. The number of amides is 1. The zero-order valence-electron chi connectivity index (χ0n) is 17.7. The lowest BCUT2D eigenvalue weighted by Crippen LogP contribution is -2.56. The molecule has 1 fully saturated rings. The third kappa shape index (κ3) is 7.13. The number of hydrogen-bond donors (Lipinski definition) is 2. The Morgan fingerprint density at radius 1 is 1.21 bits per heavy atom. The van der Waals surface area contributed by atoms with Crippen LogP contribution in [0.5, 0.6) is 0 Å². The highest BCUT2D eigenvalue weighted by Gasteiger charge is 2.28. The fourth-order valence-corrected chi connectivity index (χ4v) is 3.23. The first-order valence-electron chi connectivity index (χ1n) is 9.97. The molecule has 0 aromatic heterocycles. The fraction of sp³-hybridized carbons (Fsp3) is 0.619. The maximum atomic E-state index is 12.3. The average Bonchev–Trinajstić information content (AvgIpc) is 2.71. The first-order chi connectivity index (χ1) is 13.4. The van der Waals surface area contributed by atoms with Crippen LogP contribution >= 0.6 is 0 Å². The van der Waals surface area contributed by atoms with Crippen LogP contribution in [0.2, 0.25) is 0 Å². The molecule has 0 saturated carbocycles. The molecule has 0 unspecified atom stereocenters. The molecule has 1 aliphatic rings. The van der Waals surface area contributed by atoms with Gasteiger partial charge in [-0.05, 0) is 19.4 Å². The first kappa shape index (κ1) is 22.2. The Balaban J connectivity index is 1.70. The van der Waals surface area contributed by atoms with E-state index in [4.69, 9.17) is 4.74 Å². The molecule has 1 aliphatic heterocycles. The molecule has 1 heterocycles. The summed E-state index contributed by atoms with van der Waals surface area (Å²) in [6.07, 6.45) is 0.427. The van der Waals surface area contributed by atoms with Gasteiger partial charge in [-0.15, -0.1) is 0 Å². The minimum atomic E-state index is 0.00706. The van der Waals surface area contributed by atoms with Crippen LogP contribution in [-0.4, -0.2) is 80.7 Å². The Hall–Kier alpha value is -2.12. The summed E-state index contributed by atoms with van der Waals surface area (Å²) < 4.78 is 5.44. The zero-order chi connectivity index (χ0) is 20.4. The van der Waals surface area contributed by atoms with E-state index in [1.807, 2.05) is 37.4 Å². The van der Waals surface area contributed by atoms with Crippen molar-refractivity contribution in [2.45, 2.75) is 32.4 Å². The summed E-state index contributed by atoms with van der Waals surface area (Å²) in [5, 5.41) is 6.62. The number of morpholine rings is 1. The molecule has 1 aromatic rings. The van der Waals surface area contributed by atoms with E-state index in [2.05, 4.69) is 34.4 Å². The lowest BCUT2D eigenvalue weighted by atomic mass is 10.0. The second kappa shape index (κ2) is 11.0. The molecule has 1 saturated heterocycles. The highest BCUT2D eigenvalue weighted by atomic mass is 16.5. The third-order valence-electron chi connectivity index (χ3n) is 5.10. The number of aliphatic imine (C=N–C) groups is 1. The molecule has 0 atom stereocenters. The topological polar surface area (TPSA) is 69.2 Å². The SMILES string of the molecule is CN=C(NCCC(=O)N(C)Cc1ccccc1)NCC(C)(C)N1CCOCC1.